The van der Waals surface area contributed by atoms with Gasteiger partial charge in [-0.3, -0.25) is 0 Å². The SMILES string of the molecule is CC(CC#N)NS(=O)(=O)c1ncccc1F. The Kier molecular flexibility index (Phi) is 3.93. The quantitative estimate of drug-likeness (QED) is 0.847. The number of sulfonamides is 1. The fourth-order valence-electron chi connectivity index (χ4n) is 1.07. The van der Waals surface area contributed by atoms with E-state index >= 15 is 0 Å². The van der Waals surface area contributed by atoms with Crippen LogP contribution in [0.15, 0.2) is 23.4 Å². The van der Waals surface area contributed by atoms with Gasteiger partial charge in [0, 0.05) is 12.2 Å². The normalized spacial score (nSPS) is 13.1. The first-order valence-corrected chi connectivity index (χ1v) is 5.95. The summed E-state index contributed by atoms with van der Waals surface area (Å²) in [5.41, 5.74) is 0. The van der Waals surface area contributed by atoms with Crippen molar-refractivity contribution in [2.75, 3.05) is 0 Å². The molecule has 1 rings (SSSR count). The molecule has 1 aromatic heterocycles. The summed E-state index contributed by atoms with van der Waals surface area (Å²) in [5, 5.41) is 7.73. The van der Waals surface area contributed by atoms with Crippen LogP contribution in [0.1, 0.15) is 13.3 Å². The van der Waals surface area contributed by atoms with Crippen LogP contribution in [0.2, 0.25) is 0 Å². The second-order valence-corrected chi connectivity index (χ2v) is 4.80. The van der Waals surface area contributed by atoms with Gasteiger partial charge in [0.05, 0.1) is 12.5 Å². The molecule has 0 aliphatic heterocycles. The highest BCUT2D eigenvalue weighted by atomic mass is 32.2. The molecule has 0 aliphatic rings. The summed E-state index contributed by atoms with van der Waals surface area (Å²) in [6.45, 7) is 1.52. The Morgan fingerprint density at radius 2 is 2.38 bits per heavy atom. The predicted octanol–water partition coefficient (Wildman–Crippen LogP) is 0.801. The molecule has 0 saturated heterocycles. The van der Waals surface area contributed by atoms with Crippen LogP contribution in [0, 0.1) is 17.1 Å². The van der Waals surface area contributed by atoms with E-state index in [1.165, 1.54) is 19.2 Å². The van der Waals surface area contributed by atoms with E-state index in [2.05, 4.69) is 9.71 Å². The van der Waals surface area contributed by atoms with Gasteiger partial charge < -0.3 is 0 Å². The number of hydrogen-bond acceptors (Lipinski definition) is 4. The van der Waals surface area contributed by atoms with Gasteiger partial charge >= 0.3 is 0 Å². The molecular weight excluding hydrogens is 233 g/mol. The molecule has 86 valence electrons. The van der Waals surface area contributed by atoms with Crippen molar-refractivity contribution in [3.8, 4) is 6.07 Å². The standard InChI is InChI=1S/C9H10FN3O2S/c1-7(4-5-11)13-16(14,15)9-8(10)3-2-6-12-9/h2-3,6-7,13H,4H2,1H3. The summed E-state index contributed by atoms with van der Waals surface area (Å²) in [6, 6.07) is 3.54. The fraction of sp³-hybridized carbons (Fsp3) is 0.333. The summed E-state index contributed by atoms with van der Waals surface area (Å²) < 4.78 is 38.6. The topological polar surface area (TPSA) is 82.9 Å². The van der Waals surface area contributed by atoms with E-state index in [1.807, 2.05) is 6.07 Å². The van der Waals surface area contributed by atoms with Crippen LogP contribution in [0.4, 0.5) is 4.39 Å². The van der Waals surface area contributed by atoms with Crippen LogP contribution in [-0.4, -0.2) is 19.4 Å². The van der Waals surface area contributed by atoms with Gasteiger partial charge in [0.15, 0.2) is 5.82 Å². The number of nitrogens with one attached hydrogen (secondary N) is 1. The molecule has 1 aromatic rings. The third kappa shape index (κ3) is 2.98. The minimum atomic E-state index is -4.00. The first-order valence-electron chi connectivity index (χ1n) is 4.47. The maximum Gasteiger partial charge on any atom is 0.261 e. The molecule has 0 bridgehead atoms. The van der Waals surface area contributed by atoms with Gasteiger partial charge in [0.25, 0.3) is 10.0 Å². The van der Waals surface area contributed by atoms with Crippen molar-refractivity contribution in [2.24, 2.45) is 0 Å². The largest absolute Gasteiger partial charge is 0.261 e. The highest BCUT2D eigenvalue weighted by Gasteiger charge is 2.22. The average Bonchev–Trinajstić information content (AvgIpc) is 2.17. The zero-order valence-corrected chi connectivity index (χ0v) is 9.33. The summed E-state index contributed by atoms with van der Waals surface area (Å²) in [5.74, 6) is -0.917. The number of aromatic nitrogens is 1. The zero-order chi connectivity index (χ0) is 12.2. The Labute approximate surface area is 93.0 Å². The van der Waals surface area contributed by atoms with Crippen molar-refractivity contribution in [3.05, 3.63) is 24.1 Å². The monoisotopic (exact) mass is 243 g/mol. The second-order valence-electron chi connectivity index (χ2n) is 3.17. The number of pyridine rings is 1. The lowest BCUT2D eigenvalue weighted by molar-refractivity contribution is 0.534. The third-order valence-electron chi connectivity index (χ3n) is 1.73. The Balaban J connectivity index is 2.96. The maximum atomic E-state index is 13.2. The van der Waals surface area contributed by atoms with Gasteiger partial charge in [0.1, 0.15) is 0 Å². The van der Waals surface area contributed by atoms with E-state index in [1.54, 1.807) is 0 Å². The van der Waals surface area contributed by atoms with Crippen LogP contribution >= 0.6 is 0 Å². The minimum Gasteiger partial charge on any atom is -0.241 e. The third-order valence-corrected chi connectivity index (χ3v) is 3.26. The van der Waals surface area contributed by atoms with Crippen molar-refractivity contribution in [1.29, 1.82) is 5.26 Å². The van der Waals surface area contributed by atoms with E-state index in [0.29, 0.717) is 0 Å². The number of rotatable bonds is 4. The van der Waals surface area contributed by atoms with Crippen molar-refractivity contribution in [1.82, 2.24) is 9.71 Å². The van der Waals surface area contributed by atoms with Gasteiger partial charge in [0.2, 0.25) is 5.03 Å². The highest BCUT2D eigenvalue weighted by molar-refractivity contribution is 7.89. The molecule has 0 aromatic carbocycles. The van der Waals surface area contributed by atoms with Crippen LogP contribution in [0.3, 0.4) is 0 Å². The van der Waals surface area contributed by atoms with Gasteiger partial charge in [-0.25, -0.2) is 22.5 Å². The van der Waals surface area contributed by atoms with Crippen molar-refractivity contribution >= 4 is 10.0 Å². The molecule has 1 heterocycles. The summed E-state index contributed by atoms with van der Waals surface area (Å²) in [6.07, 6.45) is 1.19. The van der Waals surface area contributed by atoms with Gasteiger partial charge in [-0.15, -0.1) is 0 Å². The molecule has 1 unspecified atom stereocenters. The molecule has 0 aliphatic carbocycles. The molecule has 0 saturated carbocycles. The molecule has 0 fully saturated rings. The van der Waals surface area contributed by atoms with Crippen LogP contribution in [0.25, 0.3) is 0 Å². The Bertz CT molecular complexity index is 510. The maximum absolute atomic E-state index is 13.2. The molecule has 1 N–H and O–H groups in total. The molecule has 1 atom stereocenters. The van der Waals surface area contributed by atoms with Crippen LogP contribution in [0.5, 0.6) is 0 Å². The lowest BCUT2D eigenvalue weighted by Crippen LogP contribution is -2.33. The van der Waals surface area contributed by atoms with Crippen molar-refractivity contribution < 1.29 is 12.8 Å². The molecule has 16 heavy (non-hydrogen) atoms. The van der Waals surface area contributed by atoms with Gasteiger partial charge in [-0.05, 0) is 19.1 Å². The van der Waals surface area contributed by atoms with Crippen molar-refractivity contribution in [3.63, 3.8) is 0 Å². The Hall–Kier alpha value is -1.52. The van der Waals surface area contributed by atoms with Crippen LogP contribution in [-0.2, 0) is 10.0 Å². The highest BCUT2D eigenvalue weighted by Crippen LogP contribution is 2.10. The minimum absolute atomic E-state index is 0.00762. The number of nitrogens with zero attached hydrogens (tertiary/aromatic N) is 2. The van der Waals surface area contributed by atoms with E-state index in [-0.39, 0.29) is 6.42 Å². The van der Waals surface area contributed by atoms with E-state index < -0.39 is 26.9 Å². The van der Waals surface area contributed by atoms with Crippen molar-refractivity contribution in [2.45, 2.75) is 24.4 Å². The predicted molar refractivity (Wildman–Crippen MR) is 54.2 cm³/mol. The lowest BCUT2D eigenvalue weighted by atomic mass is 10.3. The summed E-state index contributed by atoms with van der Waals surface area (Å²) in [4.78, 5) is 3.45. The van der Waals surface area contributed by atoms with E-state index in [0.717, 1.165) is 6.07 Å². The average molecular weight is 243 g/mol. The molecule has 0 spiro atoms. The van der Waals surface area contributed by atoms with E-state index in [4.69, 9.17) is 5.26 Å². The summed E-state index contributed by atoms with van der Waals surface area (Å²) in [7, 11) is -4.00. The summed E-state index contributed by atoms with van der Waals surface area (Å²) >= 11 is 0. The first-order chi connectivity index (χ1) is 7.47. The molecule has 0 amide bonds. The van der Waals surface area contributed by atoms with Gasteiger partial charge in [-0.2, -0.15) is 5.26 Å². The number of halogens is 1. The Morgan fingerprint density at radius 1 is 1.69 bits per heavy atom. The molecule has 5 nitrogen and oxygen atoms in total. The molecule has 0 radical (unpaired) electrons. The Morgan fingerprint density at radius 3 is 2.94 bits per heavy atom. The molecular formula is C9H10FN3O2S. The molecule has 7 heteroatoms. The second kappa shape index (κ2) is 5.01. The zero-order valence-electron chi connectivity index (χ0n) is 8.51. The van der Waals surface area contributed by atoms with Crippen LogP contribution < -0.4 is 4.72 Å². The lowest BCUT2D eigenvalue weighted by Gasteiger charge is -2.10. The van der Waals surface area contributed by atoms with E-state index in [9.17, 15) is 12.8 Å². The number of nitriles is 1. The first kappa shape index (κ1) is 12.5. The fourth-order valence-corrected chi connectivity index (χ4v) is 2.32. The van der Waals surface area contributed by atoms with Gasteiger partial charge in [-0.1, -0.05) is 0 Å². The number of hydrogen-bond donors (Lipinski definition) is 1. The smallest absolute Gasteiger partial charge is 0.241 e.